The highest BCUT2D eigenvalue weighted by molar-refractivity contribution is 4.97. The molecular formula is C15H28N2. The summed E-state index contributed by atoms with van der Waals surface area (Å²) in [5.74, 6) is 2.02. The van der Waals surface area contributed by atoms with Crippen LogP contribution in [-0.4, -0.2) is 30.1 Å². The monoisotopic (exact) mass is 236 g/mol. The fourth-order valence-electron chi connectivity index (χ4n) is 4.91. The van der Waals surface area contributed by atoms with Crippen molar-refractivity contribution >= 4 is 0 Å². The van der Waals surface area contributed by atoms with Crippen LogP contribution in [0.15, 0.2) is 0 Å². The molecule has 4 atom stereocenters. The summed E-state index contributed by atoms with van der Waals surface area (Å²) >= 11 is 0. The predicted octanol–water partition coefficient (Wildman–Crippen LogP) is 2.77. The summed E-state index contributed by atoms with van der Waals surface area (Å²) in [5.41, 5.74) is 5.86. The molecule has 98 valence electrons. The Kier molecular flexibility index (Phi) is 3.72. The highest BCUT2D eigenvalue weighted by Crippen LogP contribution is 2.44. The van der Waals surface area contributed by atoms with Crippen LogP contribution in [0.25, 0.3) is 0 Å². The van der Waals surface area contributed by atoms with Crippen LogP contribution in [0.4, 0.5) is 0 Å². The lowest BCUT2D eigenvalue weighted by Gasteiger charge is -2.54. The molecule has 2 aliphatic carbocycles. The molecule has 1 saturated heterocycles. The minimum absolute atomic E-state index is 0.854. The van der Waals surface area contributed by atoms with E-state index in [1.165, 1.54) is 57.8 Å². The van der Waals surface area contributed by atoms with Gasteiger partial charge in [0.05, 0.1) is 0 Å². The molecule has 0 aromatic carbocycles. The summed E-state index contributed by atoms with van der Waals surface area (Å²) in [7, 11) is 0. The molecule has 2 heteroatoms. The lowest BCUT2D eigenvalue weighted by atomic mass is 9.68. The highest BCUT2D eigenvalue weighted by Gasteiger charge is 2.43. The molecule has 0 radical (unpaired) electrons. The van der Waals surface area contributed by atoms with Crippen LogP contribution < -0.4 is 5.73 Å². The van der Waals surface area contributed by atoms with E-state index in [4.69, 9.17) is 5.73 Å². The number of hydrogen-bond donors (Lipinski definition) is 1. The molecule has 17 heavy (non-hydrogen) atoms. The van der Waals surface area contributed by atoms with E-state index in [2.05, 4.69) is 4.90 Å². The van der Waals surface area contributed by atoms with E-state index in [0.717, 1.165) is 37.0 Å². The van der Waals surface area contributed by atoms with Crippen LogP contribution in [0.2, 0.25) is 0 Å². The molecule has 0 bridgehead atoms. The minimum atomic E-state index is 0.854. The Morgan fingerprint density at radius 3 is 1.88 bits per heavy atom. The normalized spacial score (nSPS) is 42.9. The molecule has 3 fully saturated rings. The molecule has 3 aliphatic rings. The zero-order chi connectivity index (χ0) is 11.7. The van der Waals surface area contributed by atoms with Gasteiger partial charge in [0.2, 0.25) is 0 Å². The first-order chi connectivity index (χ1) is 8.40. The summed E-state index contributed by atoms with van der Waals surface area (Å²) in [5, 5.41) is 0. The van der Waals surface area contributed by atoms with Crippen molar-refractivity contribution in [3.05, 3.63) is 0 Å². The van der Waals surface area contributed by atoms with Crippen molar-refractivity contribution in [1.29, 1.82) is 0 Å². The third-order valence-electron chi connectivity index (χ3n) is 5.58. The second-order valence-corrected chi connectivity index (χ2v) is 6.49. The third-order valence-corrected chi connectivity index (χ3v) is 5.58. The molecular weight excluding hydrogens is 208 g/mol. The summed E-state index contributed by atoms with van der Waals surface area (Å²) in [6.45, 7) is 2.01. The van der Waals surface area contributed by atoms with Crippen LogP contribution in [0.3, 0.4) is 0 Å². The van der Waals surface area contributed by atoms with E-state index in [1.807, 2.05) is 0 Å². The largest absolute Gasteiger partial charge is 0.329 e. The lowest BCUT2D eigenvalue weighted by Crippen LogP contribution is -2.57. The molecule has 0 aromatic heterocycles. The van der Waals surface area contributed by atoms with Crippen LogP contribution in [0, 0.1) is 11.8 Å². The number of piperidine rings is 1. The standard InChI is InChI=1S/C15H28N2/c16-9-10-17-14-7-3-1-5-12(14)11-13-6-2-4-8-15(13)17/h12-15H,1-11,16H2. The maximum absolute atomic E-state index is 5.86. The fourth-order valence-corrected chi connectivity index (χ4v) is 4.91. The van der Waals surface area contributed by atoms with Gasteiger partial charge < -0.3 is 5.73 Å². The Hall–Kier alpha value is -0.0800. The number of hydrogen-bond acceptors (Lipinski definition) is 2. The van der Waals surface area contributed by atoms with Crippen LogP contribution >= 0.6 is 0 Å². The topological polar surface area (TPSA) is 29.3 Å². The van der Waals surface area contributed by atoms with Gasteiger partial charge in [-0.15, -0.1) is 0 Å². The smallest absolute Gasteiger partial charge is 0.0127 e. The molecule has 2 nitrogen and oxygen atoms in total. The molecule has 2 N–H and O–H groups in total. The van der Waals surface area contributed by atoms with E-state index in [0.29, 0.717) is 0 Å². The Bertz CT molecular complexity index is 231. The molecule has 4 unspecified atom stereocenters. The van der Waals surface area contributed by atoms with Crippen molar-refractivity contribution in [2.24, 2.45) is 17.6 Å². The van der Waals surface area contributed by atoms with Gasteiger partial charge in [0, 0.05) is 25.2 Å². The maximum Gasteiger partial charge on any atom is 0.0127 e. The summed E-state index contributed by atoms with van der Waals surface area (Å²) < 4.78 is 0. The Balaban J connectivity index is 1.77. The van der Waals surface area contributed by atoms with E-state index in [9.17, 15) is 0 Å². The van der Waals surface area contributed by atoms with Crippen molar-refractivity contribution in [1.82, 2.24) is 4.90 Å². The number of nitrogens with two attached hydrogens (primary N) is 1. The SMILES string of the molecule is NCCN1C2CCCCC2CC2CCCCC21. The second kappa shape index (κ2) is 5.27. The van der Waals surface area contributed by atoms with E-state index >= 15 is 0 Å². The van der Waals surface area contributed by atoms with Crippen molar-refractivity contribution in [3.8, 4) is 0 Å². The first-order valence-corrected chi connectivity index (χ1v) is 7.86. The minimum Gasteiger partial charge on any atom is -0.329 e. The number of fused-ring (bicyclic) bond motifs is 2. The van der Waals surface area contributed by atoms with Gasteiger partial charge >= 0.3 is 0 Å². The van der Waals surface area contributed by atoms with Crippen molar-refractivity contribution in [3.63, 3.8) is 0 Å². The maximum atomic E-state index is 5.86. The zero-order valence-electron chi connectivity index (χ0n) is 11.1. The van der Waals surface area contributed by atoms with Gasteiger partial charge in [-0.3, -0.25) is 4.90 Å². The molecule has 0 aromatic rings. The molecule has 1 heterocycles. The van der Waals surface area contributed by atoms with Crippen LogP contribution in [-0.2, 0) is 0 Å². The van der Waals surface area contributed by atoms with Crippen LogP contribution in [0.5, 0.6) is 0 Å². The predicted molar refractivity (Wildman–Crippen MR) is 71.9 cm³/mol. The van der Waals surface area contributed by atoms with E-state index < -0.39 is 0 Å². The lowest BCUT2D eigenvalue weighted by molar-refractivity contribution is -0.0364. The Morgan fingerprint density at radius 1 is 0.824 bits per heavy atom. The van der Waals surface area contributed by atoms with Crippen LogP contribution in [0.1, 0.15) is 57.8 Å². The quantitative estimate of drug-likeness (QED) is 0.799. The van der Waals surface area contributed by atoms with Gasteiger partial charge in [0.15, 0.2) is 0 Å². The number of nitrogens with zero attached hydrogens (tertiary/aromatic N) is 1. The molecule has 0 amide bonds. The van der Waals surface area contributed by atoms with E-state index in [-0.39, 0.29) is 0 Å². The van der Waals surface area contributed by atoms with E-state index in [1.54, 1.807) is 0 Å². The average Bonchev–Trinajstić information content (AvgIpc) is 2.39. The summed E-state index contributed by atoms with van der Waals surface area (Å²) in [6, 6.07) is 1.79. The highest BCUT2D eigenvalue weighted by atomic mass is 15.2. The molecule has 1 aliphatic heterocycles. The average molecular weight is 236 g/mol. The second-order valence-electron chi connectivity index (χ2n) is 6.49. The van der Waals surface area contributed by atoms with Gasteiger partial charge in [-0.2, -0.15) is 0 Å². The van der Waals surface area contributed by atoms with Gasteiger partial charge in [0.1, 0.15) is 0 Å². The van der Waals surface area contributed by atoms with Gasteiger partial charge in [-0.25, -0.2) is 0 Å². The van der Waals surface area contributed by atoms with Gasteiger partial charge in [-0.05, 0) is 43.9 Å². The molecule has 2 saturated carbocycles. The zero-order valence-corrected chi connectivity index (χ0v) is 11.1. The fraction of sp³-hybridized carbons (Fsp3) is 1.00. The van der Waals surface area contributed by atoms with Gasteiger partial charge in [-0.1, -0.05) is 25.7 Å². The Morgan fingerprint density at radius 2 is 1.35 bits per heavy atom. The molecule has 3 rings (SSSR count). The van der Waals surface area contributed by atoms with Gasteiger partial charge in [0.25, 0.3) is 0 Å². The van der Waals surface area contributed by atoms with Crippen molar-refractivity contribution in [2.45, 2.75) is 69.9 Å². The third kappa shape index (κ3) is 2.26. The Labute approximate surface area is 106 Å². The molecule has 0 spiro atoms. The number of rotatable bonds is 2. The van der Waals surface area contributed by atoms with Crippen molar-refractivity contribution in [2.75, 3.05) is 13.1 Å². The summed E-state index contributed by atoms with van der Waals surface area (Å²) in [4.78, 5) is 2.84. The van der Waals surface area contributed by atoms with Crippen molar-refractivity contribution < 1.29 is 0 Å². The first kappa shape index (κ1) is 12.0. The first-order valence-electron chi connectivity index (χ1n) is 7.86. The number of likely N-dealkylation sites (tertiary alicyclic amines) is 1. The summed E-state index contributed by atoms with van der Waals surface area (Å²) in [6.07, 6.45) is 13.3.